The van der Waals surface area contributed by atoms with Crippen LogP contribution in [-0.4, -0.2) is 36.4 Å². The quantitative estimate of drug-likeness (QED) is 0.708. The van der Waals surface area contributed by atoms with Crippen LogP contribution in [0.3, 0.4) is 0 Å². The Morgan fingerprint density at radius 1 is 1.31 bits per heavy atom. The number of aromatic nitrogens is 2. The van der Waals surface area contributed by atoms with Gasteiger partial charge in [-0.3, -0.25) is 4.79 Å². The maximum atomic E-state index is 12.9. The second kappa shape index (κ2) is 8.34. The van der Waals surface area contributed by atoms with Crippen LogP contribution in [0.25, 0.3) is 11.5 Å². The molecule has 0 aromatic carbocycles. The first-order valence-corrected chi connectivity index (χ1v) is 9.50. The van der Waals surface area contributed by atoms with Crippen LogP contribution in [-0.2, 0) is 0 Å². The number of carbonyl (C=O) groups excluding carboxylic acids is 1. The predicted molar refractivity (Wildman–Crippen MR) is 104 cm³/mol. The van der Waals surface area contributed by atoms with E-state index < -0.39 is 0 Å². The molecule has 0 spiro atoms. The zero-order chi connectivity index (χ0) is 18.5. The largest absolute Gasteiger partial charge is 0.463 e. The second-order valence-corrected chi connectivity index (χ2v) is 7.17. The fraction of sp³-hybridized carbons (Fsp3) is 0.550. The molecule has 0 bridgehead atoms. The van der Waals surface area contributed by atoms with E-state index in [-0.39, 0.29) is 5.78 Å². The minimum absolute atomic E-state index is 0.0538. The van der Waals surface area contributed by atoms with Crippen molar-refractivity contribution in [3.63, 3.8) is 0 Å². The van der Waals surface area contributed by atoms with Gasteiger partial charge in [-0.15, -0.1) is 0 Å². The van der Waals surface area contributed by atoms with E-state index in [2.05, 4.69) is 15.3 Å². The number of Topliss-reactive ketones (excluding diaryl/α,β-unsaturated/α-hetero) is 1. The lowest BCUT2D eigenvalue weighted by molar-refractivity contribution is 0.0982. The average molecular weight is 356 g/mol. The van der Waals surface area contributed by atoms with E-state index in [0.29, 0.717) is 41.1 Å². The van der Waals surface area contributed by atoms with Crippen molar-refractivity contribution in [2.75, 3.05) is 30.9 Å². The van der Waals surface area contributed by atoms with Crippen molar-refractivity contribution in [1.29, 1.82) is 0 Å². The molecule has 0 radical (unpaired) electrons. The van der Waals surface area contributed by atoms with E-state index in [1.807, 2.05) is 38.1 Å². The van der Waals surface area contributed by atoms with Crippen LogP contribution >= 0.6 is 0 Å². The van der Waals surface area contributed by atoms with Gasteiger partial charge in [0.2, 0.25) is 5.95 Å². The summed E-state index contributed by atoms with van der Waals surface area (Å²) in [7, 11) is 3.80. The normalized spacial score (nSPS) is 14.6. The summed E-state index contributed by atoms with van der Waals surface area (Å²) in [5, 5.41) is 3.45. The van der Waals surface area contributed by atoms with E-state index in [4.69, 9.17) is 4.42 Å². The van der Waals surface area contributed by atoms with Crippen molar-refractivity contribution >= 4 is 17.5 Å². The minimum Gasteiger partial charge on any atom is -0.463 e. The number of anilines is 2. The third-order valence-corrected chi connectivity index (χ3v) is 4.84. The Morgan fingerprint density at radius 3 is 2.69 bits per heavy atom. The Labute approximate surface area is 155 Å². The molecule has 6 heteroatoms. The lowest BCUT2D eigenvalue weighted by Gasteiger charge is -2.19. The highest BCUT2D eigenvalue weighted by Crippen LogP contribution is 2.31. The Bertz CT molecular complexity index is 735. The van der Waals surface area contributed by atoms with Crippen LogP contribution in [0, 0.1) is 5.92 Å². The highest BCUT2D eigenvalue weighted by Gasteiger charge is 2.24. The van der Waals surface area contributed by atoms with E-state index in [0.717, 1.165) is 13.0 Å². The Balaban J connectivity index is 2.03. The molecule has 2 aromatic rings. The number of nitrogens with zero attached hydrogens (tertiary/aromatic N) is 3. The van der Waals surface area contributed by atoms with Gasteiger partial charge in [0.1, 0.15) is 11.5 Å². The average Bonchev–Trinajstić information content (AvgIpc) is 3.32. The first-order chi connectivity index (χ1) is 12.6. The van der Waals surface area contributed by atoms with Gasteiger partial charge in [0.15, 0.2) is 11.5 Å². The first-order valence-electron chi connectivity index (χ1n) is 9.50. The van der Waals surface area contributed by atoms with Crippen molar-refractivity contribution < 1.29 is 9.21 Å². The number of nitrogens with one attached hydrogen (secondary N) is 1. The first kappa shape index (κ1) is 18.4. The molecule has 1 aliphatic carbocycles. The van der Waals surface area contributed by atoms with Crippen molar-refractivity contribution in [3.8, 4) is 11.5 Å². The topological polar surface area (TPSA) is 71.3 Å². The van der Waals surface area contributed by atoms with Crippen molar-refractivity contribution in [2.24, 2.45) is 5.92 Å². The molecule has 1 saturated carbocycles. The Morgan fingerprint density at radius 2 is 2.08 bits per heavy atom. The maximum Gasteiger partial charge on any atom is 0.227 e. The van der Waals surface area contributed by atoms with Crippen LogP contribution in [0.5, 0.6) is 0 Å². The Kier molecular flexibility index (Phi) is 5.91. The van der Waals surface area contributed by atoms with Crippen molar-refractivity contribution in [2.45, 2.75) is 45.4 Å². The summed E-state index contributed by atoms with van der Waals surface area (Å²) in [6, 6.07) is 3.65. The molecule has 26 heavy (non-hydrogen) atoms. The fourth-order valence-corrected chi connectivity index (χ4v) is 3.44. The number of hydrogen-bond acceptors (Lipinski definition) is 6. The summed E-state index contributed by atoms with van der Waals surface area (Å²) in [5.41, 5.74) is 1.12. The molecule has 140 valence electrons. The monoisotopic (exact) mass is 356 g/mol. The van der Waals surface area contributed by atoms with Crippen LogP contribution < -0.4 is 10.2 Å². The zero-order valence-corrected chi connectivity index (χ0v) is 15.9. The van der Waals surface area contributed by atoms with Gasteiger partial charge in [-0.05, 0) is 37.3 Å². The van der Waals surface area contributed by atoms with Crippen molar-refractivity contribution in [1.82, 2.24) is 9.97 Å². The molecule has 3 rings (SSSR count). The van der Waals surface area contributed by atoms with Gasteiger partial charge >= 0.3 is 0 Å². The number of carbonyl (C=O) groups is 1. The van der Waals surface area contributed by atoms with Gasteiger partial charge in [0.25, 0.3) is 0 Å². The molecular formula is C20H28N4O2. The molecule has 0 unspecified atom stereocenters. The van der Waals surface area contributed by atoms with Gasteiger partial charge in [0.05, 0.1) is 11.8 Å². The van der Waals surface area contributed by atoms with Crippen LogP contribution in [0.15, 0.2) is 22.8 Å². The van der Waals surface area contributed by atoms with Crippen LogP contribution in [0.2, 0.25) is 0 Å². The highest BCUT2D eigenvalue weighted by atomic mass is 16.3. The van der Waals surface area contributed by atoms with E-state index >= 15 is 0 Å². The minimum atomic E-state index is 0.0538. The number of hydrogen-bond donors (Lipinski definition) is 1. The molecule has 1 fully saturated rings. The van der Waals surface area contributed by atoms with Gasteiger partial charge in [0, 0.05) is 27.1 Å². The number of rotatable bonds is 8. The lowest BCUT2D eigenvalue weighted by Crippen LogP contribution is -2.20. The van der Waals surface area contributed by atoms with Crippen molar-refractivity contribution in [3.05, 3.63) is 24.0 Å². The van der Waals surface area contributed by atoms with Gasteiger partial charge in [-0.1, -0.05) is 19.8 Å². The summed E-state index contributed by atoms with van der Waals surface area (Å²) in [6.07, 6.45) is 7.91. The van der Waals surface area contributed by atoms with E-state index in [1.165, 1.54) is 25.7 Å². The molecular weight excluding hydrogens is 328 g/mol. The summed E-state index contributed by atoms with van der Waals surface area (Å²) >= 11 is 0. The zero-order valence-electron chi connectivity index (χ0n) is 15.9. The smallest absolute Gasteiger partial charge is 0.227 e. The summed E-state index contributed by atoms with van der Waals surface area (Å²) < 4.78 is 5.57. The lowest BCUT2D eigenvalue weighted by atomic mass is 10.0. The SMILES string of the molecule is CCCC(=O)c1c(NCC2CCCC2)nc(N(C)C)nc1-c1ccco1. The molecule has 0 atom stereocenters. The van der Waals surface area contributed by atoms with E-state index in [1.54, 1.807) is 6.26 Å². The number of ketones is 1. The summed E-state index contributed by atoms with van der Waals surface area (Å²) in [4.78, 5) is 24.0. The van der Waals surface area contributed by atoms with Gasteiger partial charge in [-0.25, -0.2) is 4.98 Å². The maximum absolute atomic E-state index is 12.9. The molecule has 1 aliphatic rings. The Hall–Kier alpha value is -2.37. The van der Waals surface area contributed by atoms with Gasteiger partial charge < -0.3 is 14.6 Å². The fourth-order valence-electron chi connectivity index (χ4n) is 3.44. The second-order valence-electron chi connectivity index (χ2n) is 7.17. The molecule has 0 amide bonds. The summed E-state index contributed by atoms with van der Waals surface area (Å²) in [5.74, 6) is 2.49. The van der Waals surface area contributed by atoms with Crippen LogP contribution in [0.4, 0.5) is 11.8 Å². The standard InChI is InChI=1S/C20H28N4O2/c1-4-8-15(25)17-18(16-11-7-12-26-16)22-20(24(2)3)23-19(17)21-13-14-9-5-6-10-14/h7,11-12,14H,4-6,8-10,13H2,1-3H3,(H,21,22,23). The molecule has 0 saturated heterocycles. The predicted octanol–water partition coefficient (Wildman–Crippen LogP) is 4.39. The molecule has 1 N–H and O–H groups in total. The molecule has 6 nitrogen and oxygen atoms in total. The van der Waals surface area contributed by atoms with E-state index in [9.17, 15) is 4.79 Å². The van der Waals surface area contributed by atoms with Crippen LogP contribution in [0.1, 0.15) is 55.8 Å². The molecule has 0 aliphatic heterocycles. The highest BCUT2D eigenvalue weighted by molar-refractivity contribution is 6.05. The third-order valence-electron chi connectivity index (χ3n) is 4.84. The number of furan rings is 1. The van der Waals surface area contributed by atoms with Gasteiger partial charge in [-0.2, -0.15) is 4.98 Å². The molecule has 2 heterocycles. The summed E-state index contributed by atoms with van der Waals surface area (Å²) in [6.45, 7) is 2.85. The molecule has 2 aromatic heterocycles. The third kappa shape index (κ3) is 4.06.